The van der Waals surface area contributed by atoms with Gasteiger partial charge in [0.15, 0.2) is 0 Å². The highest BCUT2D eigenvalue weighted by Gasteiger charge is 2.15. The molecule has 9 heavy (non-hydrogen) atoms. The summed E-state index contributed by atoms with van der Waals surface area (Å²) in [5.41, 5.74) is 5.31. The predicted octanol–water partition coefficient (Wildman–Crippen LogP) is 0.0262. The molecule has 0 unspecified atom stereocenters. The number of hydrogen-bond donors (Lipinski definition) is 3. The molecule has 0 aromatic heterocycles. The van der Waals surface area contributed by atoms with Crippen LogP contribution < -0.4 is 15.7 Å². The summed E-state index contributed by atoms with van der Waals surface area (Å²) in [7, 11) is -2.63. The Kier molecular flexibility index (Phi) is 2.24. The van der Waals surface area contributed by atoms with Crippen LogP contribution in [0.2, 0.25) is 0 Å². The minimum Gasteiger partial charge on any atom is -0.271 e. The van der Waals surface area contributed by atoms with Crippen molar-refractivity contribution in [3.8, 4) is 0 Å². The molecule has 1 fully saturated rings. The molecule has 0 bridgehead atoms. The summed E-state index contributed by atoms with van der Waals surface area (Å²) >= 11 is 0. The molecule has 0 aromatic carbocycles. The first-order valence-electron chi connectivity index (χ1n) is 3.10. The number of rotatable bonds is 0. The third kappa shape index (κ3) is 2.45. The van der Waals surface area contributed by atoms with Gasteiger partial charge in [-0.1, -0.05) is 0 Å². The molecule has 1 heterocycles. The van der Waals surface area contributed by atoms with Gasteiger partial charge in [-0.2, -0.15) is 0 Å². The van der Waals surface area contributed by atoms with Crippen molar-refractivity contribution >= 4 is 7.59 Å². The van der Waals surface area contributed by atoms with Crippen LogP contribution in [0.3, 0.4) is 0 Å². The molecule has 0 radical (unpaired) electrons. The fourth-order valence-electron chi connectivity index (χ4n) is 0.796. The van der Waals surface area contributed by atoms with Crippen molar-refractivity contribution in [2.75, 3.05) is 13.1 Å². The Hall–Kier alpha value is 0.110. The van der Waals surface area contributed by atoms with Crippen LogP contribution >= 0.6 is 7.59 Å². The Morgan fingerprint density at radius 2 is 1.67 bits per heavy atom. The maximum Gasteiger partial charge on any atom is 0.276 e. The molecule has 0 aromatic rings. The van der Waals surface area contributed by atoms with E-state index in [1.807, 2.05) is 0 Å². The van der Waals surface area contributed by atoms with E-state index in [4.69, 9.17) is 5.50 Å². The van der Waals surface area contributed by atoms with Gasteiger partial charge in [0.25, 0.3) is 7.59 Å². The zero-order chi connectivity index (χ0) is 6.74. The highest BCUT2D eigenvalue weighted by molar-refractivity contribution is 7.57. The Balaban J connectivity index is 2.45. The second-order valence-corrected chi connectivity index (χ2v) is 4.13. The van der Waals surface area contributed by atoms with E-state index in [1.54, 1.807) is 0 Å². The molecule has 54 valence electrons. The Morgan fingerprint density at radius 3 is 2.11 bits per heavy atom. The molecule has 0 saturated carbocycles. The van der Waals surface area contributed by atoms with E-state index in [1.165, 1.54) is 0 Å². The fraction of sp³-hybridized carbons (Fsp3) is 1.00. The average Bonchev–Trinajstić information content (AvgIpc) is 1.92. The normalized spacial score (nSPS) is 27.2. The number of nitrogens with one attached hydrogen (secondary N) is 2. The third-order valence-electron chi connectivity index (χ3n) is 1.30. The van der Waals surface area contributed by atoms with Crippen LogP contribution in [0, 0.1) is 0 Å². The van der Waals surface area contributed by atoms with E-state index in [0.29, 0.717) is 0 Å². The monoisotopic (exact) mass is 149 g/mol. The summed E-state index contributed by atoms with van der Waals surface area (Å²) in [6, 6.07) is 0. The van der Waals surface area contributed by atoms with Gasteiger partial charge in [0, 0.05) is 13.1 Å². The van der Waals surface area contributed by atoms with Crippen LogP contribution in [0.25, 0.3) is 0 Å². The minimum atomic E-state index is -2.63. The van der Waals surface area contributed by atoms with Gasteiger partial charge >= 0.3 is 0 Å². The number of nitrogens with two attached hydrogens (primary N) is 1. The van der Waals surface area contributed by atoms with Crippen molar-refractivity contribution in [2.24, 2.45) is 5.50 Å². The minimum absolute atomic E-state index is 0.765. The summed E-state index contributed by atoms with van der Waals surface area (Å²) in [5, 5.41) is 5.49. The van der Waals surface area contributed by atoms with Gasteiger partial charge in [0.1, 0.15) is 0 Å². The molecular formula is C4H12N3OP. The van der Waals surface area contributed by atoms with Gasteiger partial charge in [-0.15, -0.1) is 0 Å². The first-order chi connectivity index (χ1) is 4.21. The van der Waals surface area contributed by atoms with Gasteiger partial charge < -0.3 is 0 Å². The standard InChI is InChI=1S/C4H12N3OP/c5-9(8)6-3-1-2-4-7-9/h1-4H2,(H4,5,6,7,8). The summed E-state index contributed by atoms with van der Waals surface area (Å²) < 4.78 is 11.0. The van der Waals surface area contributed by atoms with Crippen molar-refractivity contribution in [3.05, 3.63) is 0 Å². The topological polar surface area (TPSA) is 67.2 Å². The van der Waals surface area contributed by atoms with Crippen molar-refractivity contribution in [2.45, 2.75) is 12.8 Å². The van der Waals surface area contributed by atoms with Crippen molar-refractivity contribution in [1.82, 2.24) is 10.2 Å². The lowest BCUT2D eigenvalue weighted by Crippen LogP contribution is -2.25. The second kappa shape index (κ2) is 2.80. The summed E-state index contributed by atoms with van der Waals surface area (Å²) in [6.07, 6.45) is 2.10. The molecule has 1 saturated heterocycles. The number of hydrogen-bond acceptors (Lipinski definition) is 1. The van der Waals surface area contributed by atoms with Gasteiger partial charge in [-0.05, 0) is 12.8 Å². The molecule has 0 aliphatic carbocycles. The van der Waals surface area contributed by atoms with E-state index in [-0.39, 0.29) is 0 Å². The maximum absolute atomic E-state index is 11.0. The molecule has 4 N–H and O–H groups in total. The van der Waals surface area contributed by atoms with E-state index in [9.17, 15) is 4.57 Å². The van der Waals surface area contributed by atoms with Crippen molar-refractivity contribution in [3.63, 3.8) is 0 Å². The SMILES string of the molecule is NP1(=O)NCCCCN1. The smallest absolute Gasteiger partial charge is 0.271 e. The summed E-state index contributed by atoms with van der Waals surface area (Å²) in [6.45, 7) is 1.53. The Labute approximate surface area is 54.7 Å². The quantitative estimate of drug-likeness (QED) is 0.425. The Bertz CT molecular complexity index is 126. The predicted molar refractivity (Wildman–Crippen MR) is 37.0 cm³/mol. The maximum atomic E-state index is 11.0. The van der Waals surface area contributed by atoms with Crippen molar-refractivity contribution in [1.29, 1.82) is 0 Å². The van der Waals surface area contributed by atoms with Gasteiger partial charge in [0.2, 0.25) is 0 Å². The van der Waals surface area contributed by atoms with E-state index in [0.717, 1.165) is 25.9 Å². The lowest BCUT2D eigenvalue weighted by atomic mass is 10.3. The van der Waals surface area contributed by atoms with Crippen LogP contribution in [0.5, 0.6) is 0 Å². The van der Waals surface area contributed by atoms with Gasteiger partial charge in [-0.3, -0.25) is 10.1 Å². The van der Waals surface area contributed by atoms with Crippen LogP contribution in [-0.4, -0.2) is 13.1 Å². The van der Waals surface area contributed by atoms with Crippen LogP contribution in [0.4, 0.5) is 0 Å². The summed E-state index contributed by atoms with van der Waals surface area (Å²) in [4.78, 5) is 0. The molecule has 0 atom stereocenters. The van der Waals surface area contributed by atoms with Gasteiger partial charge in [-0.25, -0.2) is 10.2 Å². The highest BCUT2D eigenvalue weighted by Crippen LogP contribution is 2.25. The van der Waals surface area contributed by atoms with Crippen LogP contribution in [0.1, 0.15) is 12.8 Å². The van der Waals surface area contributed by atoms with E-state index in [2.05, 4.69) is 10.2 Å². The first-order valence-corrected chi connectivity index (χ1v) is 4.87. The molecule has 0 spiro atoms. The molecule has 1 rings (SSSR count). The van der Waals surface area contributed by atoms with E-state index < -0.39 is 7.59 Å². The molecule has 5 heteroatoms. The van der Waals surface area contributed by atoms with Crippen LogP contribution in [-0.2, 0) is 4.57 Å². The van der Waals surface area contributed by atoms with E-state index >= 15 is 0 Å². The van der Waals surface area contributed by atoms with Gasteiger partial charge in [0.05, 0.1) is 0 Å². The molecule has 4 nitrogen and oxygen atoms in total. The lowest BCUT2D eigenvalue weighted by molar-refractivity contribution is 0.559. The zero-order valence-electron chi connectivity index (χ0n) is 5.26. The second-order valence-electron chi connectivity index (χ2n) is 2.18. The lowest BCUT2D eigenvalue weighted by Gasteiger charge is -2.09. The molecular weight excluding hydrogens is 137 g/mol. The largest absolute Gasteiger partial charge is 0.276 e. The fourth-order valence-corrected chi connectivity index (χ4v) is 1.89. The summed E-state index contributed by atoms with van der Waals surface area (Å²) in [5.74, 6) is 0. The zero-order valence-corrected chi connectivity index (χ0v) is 6.16. The van der Waals surface area contributed by atoms with Crippen LogP contribution in [0.15, 0.2) is 0 Å². The first kappa shape index (κ1) is 7.22. The average molecular weight is 149 g/mol. The highest BCUT2D eigenvalue weighted by atomic mass is 31.2. The molecule has 1 aliphatic rings. The molecule has 0 amide bonds. The Morgan fingerprint density at radius 1 is 1.22 bits per heavy atom. The third-order valence-corrected chi connectivity index (χ3v) is 2.68. The van der Waals surface area contributed by atoms with Crippen molar-refractivity contribution < 1.29 is 4.57 Å². The molecule has 1 aliphatic heterocycles.